The molecule has 1 amide bonds. The molecule has 1 aromatic rings. The topological polar surface area (TPSA) is 107 Å². The number of anilines is 1. The lowest BCUT2D eigenvalue weighted by Gasteiger charge is -2.58. The summed E-state index contributed by atoms with van der Waals surface area (Å²) < 4.78 is 0. The fourth-order valence-electron chi connectivity index (χ4n) is 6.06. The SMILES string of the molecule is CC(C)(O)CNc1ncc(C(=O)NC2[C@@H]3CC4C[C@H]2CC(O)(C4)C3)c(C2CC2)n1. The maximum Gasteiger partial charge on any atom is 0.254 e. The fourth-order valence-corrected chi connectivity index (χ4v) is 6.06. The van der Waals surface area contributed by atoms with Crippen LogP contribution in [0.4, 0.5) is 5.95 Å². The average molecular weight is 401 g/mol. The van der Waals surface area contributed by atoms with Gasteiger partial charge in [0.1, 0.15) is 0 Å². The van der Waals surface area contributed by atoms with Crippen LogP contribution in [0.25, 0.3) is 0 Å². The highest BCUT2D eigenvalue weighted by molar-refractivity contribution is 5.95. The molecule has 5 aliphatic carbocycles. The Morgan fingerprint density at radius 3 is 2.52 bits per heavy atom. The monoisotopic (exact) mass is 400 g/mol. The standard InChI is InChI=1S/C22H32N4O3/c1-21(2,28)11-24-20-23-10-16(18(26-20)13-3-4-13)19(27)25-17-14-5-12-6-15(17)9-22(29,7-12)8-14/h10,12-15,17,28-29H,3-9,11H2,1-2H3,(H,25,27)(H,23,24,26)/t12?,14-,15+,17?,22?. The second kappa shape index (κ2) is 6.64. The van der Waals surface area contributed by atoms with Crippen molar-refractivity contribution in [3.05, 3.63) is 17.5 Å². The Morgan fingerprint density at radius 1 is 1.24 bits per heavy atom. The van der Waals surface area contributed by atoms with E-state index in [9.17, 15) is 15.0 Å². The number of amides is 1. The summed E-state index contributed by atoms with van der Waals surface area (Å²) in [5.41, 5.74) is 0.0447. The second-order valence-electron chi connectivity index (χ2n) is 10.6. The molecule has 0 radical (unpaired) electrons. The molecule has 1 heterocycles. The fraction of sp³-hybridized carbons (Fsp3) is 0.773. The van der Waals surface area contributed by atoms with Crippen LogP contribution in [0.5, 0.6) is 0 Å². The molecule has 4 bridgehead atoms. The Labute approximate surface area is 171 Å². The van der Waals surface area contributed by atoms with E-state index in [-0.39, 0.29) is 11.9 Å². The predicted octanol–water partition coefficient (Wildman–Crippen LogP) is 2.21. The van der Waals surface area contributed by atoms with Crippen LogP contribution in [0.3, 0.4) is 0 Å². The number of aliphatic hydroxyl groups is 2. The molecule has 0 saturated heterocycles. The van der Waals surface area contributed by atoms with E-state index in [1.165, 1.54) is 0 Å². The molecule has 7 heteroatoms. The van der Waals surface area contributed by atoms with E-state index in [0.717, 1.165) is 50.6 Å². The third-order valence-electron chi connectivity index (χ3n) is 7.24. The van der Waals surface area contributed by atoms with Gasteiger partial charge in [-0.1, -0.05) is 0 Å². The van der Waals surface area contributed by atoms with Crippen LogP contribution >= 0.6 is 0 Å². The highest BCUT2D eigenvalue weighted by atomic mass is 16.3. The van der Waals surface area contributed by atoms with Crippen LogP contribution in [-0.4, -0.2) is 49.9 Å². The molecular weight excluding hydrogens is 368 g/mol. The van der Waals surface area contributed by atoms with E-state index >= 15 is 0 Å². The molecule has 0 aromatic carbocycles. The molecule has 5 aliphatic rings. The van der Waals surface area contributed by atoms with Crippen molar-refractivity contribution in [2.75, 3.05) is 11.9 Å². The van der Waals surface area contributed by atoms with Crippen molar-refractivity contribution in [2.45, 2.75) is 82.0 Å². The van der Waals surface area contributed by atoms with Crippen molar-refractivity contribution in [1.29, 1.82) is 0 Å². The Bertz CT molecular complexity index is 801. The van der Waals surface area contributed by atoms with Crippen molar-refractivity contribution < 1.29 is 15.0 Å². The van der Waals surface area contributed by atoms with E-state index in [1.54, 1.807) is 20.0 Å². The van der Waals surface area contributed by atoms with Gasteiger partial charge in [0.15, 0.2) is 0 Å². The first-order valence-electron chi connectivity index (χ1n) is 11.1. The summed E-state index contributed by atoms with van der Waals surface area (Å²) in [6.45, 7) is 3.80. The van der Waals surface area contributed by atoms with Gasteiger partial charge in [0, 0.05) is 24.7 Å². The van der Waals surface area contributed by atoms with Crippen LogP contribution in [0.15, 0.2) is 6.20 Å². The highest BCUT2D eigenvalue weighted by Crippen LogP contribution is 2.55. The van der Waals surface area contributed by atoms with E-state index in [0.29, 0.717) is 41.7 Å². The summed E-state index contributed by atoms with van der Waals surface area (Å²) >= 11 is 0. The van der Waals surface area contributed by atoms with E-state index in [4.69, 9.17) is 0 Å². The molecule has 0 spiro atoms. The first-order valence-corrected chi connectivity index (χ1v) is 11.1. The Morgan fingerprint density at radius 2 is 1.93 bits per heavy atom. The first-order chi connectivity index (χ1) is 13.7. The summed E-state index contributed by atoms with van der Waals surface area (Å²) in [6, 6.07) is 0.152. The van der Waals surface area contributed by atoms with Crippen molar-refractivity contribution in [3.8, 4) is 0 Å². The van der Waals surface area contributed by atoms with Gasteiger partial charge in [-0.2, -0.15) is 0 Å². The van der Waals surface area contributed by atoms with Crippen LogP contribution in [0.2, 0.25) is 0 Å². The molecule has 0 aliphatic heterocycles. The number of aromatic nitrogens is 2. The highest BCUT2D eigenvalue weighted by Gasteiger charge is 2.55. The zero-order chi connectivity index (χ0) is 20.4. The van der Waals surface area contributed by atoms with Crippen molar-refractivity contribution >= 4 is 11.9 Å². The van der Waals surface area contributed by atoms with Gasteiger partial charge in [0.05, 0.1) is 22.5 Å². The van der Waals surface area contributed by atoms with Gasteiger partial charge in [0.2, 0.25) is 5.95 Å². The number of nitrogens with zero attached hydrogens (tertiary/aromatic N) is 2. The third kappa shape index (κ3) is 3.87. The molecule has 158 valence electrons. The smallest absolute Gasteiger partial charge is 0.254 e. The molecule has 29 heavy (non-hydrogen) atoms. The minimum absolute atomic E-state index is 0.0783. The Hall–Kier alpha value is -1.73. The Kier molecular flexibility index (Phi) is 4.41. The van der Waals surface area contributed by atoms with Gasteiger partial charge < -0.3 is 20.8 Å². The molecule has 3 unspecified atom stereocenters. The number of hydrogen-bond acceptors (Lipinski definition) is 6. The molecule has 6 rings (SSSR count). The minimum Gasteiger partial charge on any atom is -0.390 e. The number of rotatable bonds is 6. The van der Waals surface area contributed by atoms with Gasteiger partial charge in [-0.15, -0.1) is 0 Å². The summed E-state index contributed by atoms with van der Waals surface area (Å²) in [5, 5.41) is 27.1. The quantitative estimate of drug-likeness (QED) is 0.583. The molecule has 5 atom stereocenters. The molecule has 4 N–H and O–H groups in total. The second-order valence-corrected chi connectivity index (χ2v) is 10.6. The van der Waals surface area contributed by atoms with Crippen LogP contribution in [-0.2, 0) is 0 Å². The van der Waals surface area contributed by atoms with E-state index in [2.05, 4.69) is 20.6 Å². The zero-order valence-electron chi connectivity index (χ0n) is 17.3. The first kappa shape index (κ1) is 19.2. The van der Waals surface area contributed by atoms with Gasteiger partial charge >= 0.3 is 0 Å². The molecule has 7 nitrogen and oxygen atoms in total. The normalized spacial score (nSPS) is 35.6. The van der Waals surface area contributed by atoms with E-state index in [1.807, 2.05) is 0 Å². The lowest BCUT2D eigenvalue weighted by atomic mass is 9.52. The molecule has 5 fully saturated rings. The number of carbonyl (C=O) groups excluding carboxylic acids is 1. The number of nitrogens with one attached hydrogen (secondary N) is 2. The van der Waals surface area contributed by atoms with Gasteiger partial charge in [-0.25, -0.2) is 9.97 Å². The van der Waals surface area contributed by atoms with Gasteiger partial charge in [-0.05, 0) is 76.5 Å². The summed E-state index contributed by atoms with van der Waals surface area (Å²) in [4.78, 5) is 22.1. The van der Waals surface area contributed by atoms with Crippen molar-refractivity contribution in [3.63, 3.8) is 0 Å². The van der Waals surface area contributed by atoms with Crippen LogP contribution in [0, 0.1) is 17.8 Å². The number of hydrogen-bond donors (Lipinski definition) is 4. The largest absolute Gasteiger partial charge is 0.390 e. The molecular formula is C22H32N4O3. The summed E-state index contributed by atoms with van der Waals surface area (Å²) in [5.74, 6) is 2.09. The maximum atomic E-state index is 13.2. The Balaban J connectivity index is 1.32. The third-order valence-corrected chi connectivity index (χ3v) is 7.24. The van der Waals surface area contributed by atoms with Gasteiger partial charge in [-0.3, -0.25) is 4.79 Å². The lowest BCUT2D eigenvalue weighted by molar-refractivity contribution is -0.136. The average Bonchev–Trinajstić information content (AvgIpc) is 3.46. The molecule has 1 aromatic heterocycles. The predicted molar refractivity (Wildman–Crippen MR) is 109 cm³/mol. The summed E-state index contributed by atoms with van der Waals surface area (Å²) in [6.07, 6.45) is 8.54. The zero-order valence-corrected chi connectivity index (χ0v) is 17.3. The minimum atomic E-state index is -0.858. The van der Waals surface area contributed by atoms with Crippen molar-refractivity contribution in [2.24, 2.45) is 17.8 Å². The van der Waals surface area contributed by atoms with Crippen LogP contribution in [0.1, 0.15) is 80.8 Å². The summed E-state index contributed by atoms with van der Waals surface area (Å²) in [7, 11) is 0. The van der Waals surface area contributed by atoms with Crippen molar-refractivity contribution in [1.82, 2.24) is 15.3 Å². The molecule has 5 saturated carbocycles. The van der Waals surface area contributed by atoms with E-state index < -0.39 is 11.2 Å². The number of carbonyl (C=O) groups is 1. The maximum absolute atomic E-state index is 13.2. The lowest BCUT2D eigenvalue weighted by Crippen LogP contribution is -2.61. The van der Waals surface area contributed by atoms with Crippen LogP contribution < -0.4 is 10.6 Å². The van der Waals surface area contributed by atoms with Gasteiger partial charge in [0.25, 0.3) is 5.91 Å².